The molecule has 0 aliphatic heterocycles. The smallest absolute Gasteiger partial charge is 0.277 e. The highest BCUT2D eigenvalue weighted by Gasteiger charge is 2.09. The fourth-order valence-corrected chi connectivity index (χ4v) is 2.02. The van der Waals surface area contributed by atoms with Crippen molar-refractivity contribution in [1.29, 1.82) is 0 Å². The van der Waals surface area contributed by atoms with E-state index in [1.54, 1.807) is 39.3 Å². The molecule has 132 valence electrons. The van der Waals surface area contributed by atoms with Gasteiger partial charge in [0, 0.05) is 11.6 Å². The Morgan fingerprint density at radius 3 is 2.40 bits per heavy atom. The Bertz CT molecular complexity index is 760. The fraction of sp³-hybridized carbons (Fsp3) is 0.222. The molecule has 0 spiro atoms. The van der Waals surface area contributed by atoms with Crippen LogP contribution in [0, 0.1) is 5.82 Å². The number of hydrogen-bond donors (Lipinski definition) is 1. The van der Waals surface area contributed by atoms with Crippen LogP contribution in [0.4, 0.5) is 4.39 Å². The van der Waals surface area contributed by atoms with Gasteiger partial charge in [-0.3, -0.25) is 4.79 Å². The van der Waals surface area contributed by atoms with E-state index in [9.17, 15) is 9.18 Å². The molecule has 0 unspecified atom stereocenters. The minimum Gasteiger partial charge on any atom is -0.497 e. The maximum absolute atomic E-state index is 12.8. The second-order valence-corrected chi connectivity index (χ2v) is 5.04. The Kier molecular flexibility index (Phi) is 6.33. The number of nitrogens with one attached hydrogen (secondary N) is 1. The average Bonchev–Trinajstić information content (AvgIpc) is 2.65. The van der Waals surface area contributed by atoms with Crippen LogP contribution in [0.3, 0.4) is 0 Å². The lowest BCUT2D eigenvalue weighted by Crippen LogP contribution is -2.25. The van der Waals surface area contributed by atoms with Crippen molar-refractivity contribution in [3.8, 4) is 17.2 Å². The maximum Gasteiger partial charge on any atom is 0.277 e. The average molecular weight is 346 g/mol. The van der Waals surface area contributed by atoms with Gasteiger partial charge in [-0.05, 0) is 43.3 Å². The molecule has 0 saturated carbocycles. The van der Waals surface area contributed by atoms with Gasteiger partial charge < -0.3 is 14.2 Å². The number of methoxy groups -OCH3 is 2. The summed E-state index contributed by atoms with van der Waals surface area (Å²) in [5.74, 6) is 0.832. The molecule has 0 radical (unpaired) electrons. The molecular formula is C18H19FN2O4. The number of ether oxygens (including phenoxy) is 3. The molecule has 0 heterocycles. The molecule has 0 aromatic heterocycles. The summed E-state index contributed by atoms with van der Waals surface area (Å²) in [5.41, 5.74) is 3.70. The topological polar surface area (TPSA) is 69.2 Å². The molecule has 0 bridgehead atoms. The first kappa shape index (κ1) is 18.3. The molecule has 0 aliphatic carbocycles. The minimum atomic E-state index is -0.434. The van der Waals surface area contributed by atoms with Crippen molar-refractivity contribution in [3.63, 3.8) is 0 Å². The van der Waals surface area contributed by atoms with E-state index in [1.165, 1.54) is 24.3 Å². The maximum atomic E-state index is 12.8. The SMILES string of the molecule is COc1ccc(/C(C)=N\NC(=O)COc2ccc(F)cc2)c(OC)c1. The molecule has 7 heteroatoms. The predicted octanol–water partition coefficient (Wildman–Crippen LogP) is 2.76. The van der Waals surface area contributed by atoms with E-state index in [0.717, 1.165) is 5.56 Å². The van der Waals surface area contributed by atoms with Gasteiger partial charge in [0.15, 0.2) is 6.61 Å². The molecule has 1 N–H and O–H groups in total. The van der Waals surface area contributed by atoms with Crippen LogP contribution in [0.2, 0.25) is 0 Å². The highest BCUT2D eigenvalue weighted by molar-refractivity contribution is 6.01. The third-order valence-corrected chi connectivity index (χ3v) is 3.33. The van der Waals surface area contributed by atoms with Crippen LogP contribution in [0.5, 0.6) is 17.2 Å². The Labute approximate surface area is 145 Å². The third-order valence-electron chi connectivity index (χ3n) is 3.33. The van der Waals surface area contributed by atoms with Crippen molar-refractivity contribution >= 4 is 11.6 Å². The molecule has 2 aromatic rings. The van der Waals surface area contributed by atoms with Crippen LogP contribution in [0.15, 0.2) is 47.6 Å². The zero-order valence-corrected chi connectivity index (χ0v) is 14.2. The molecule has 0 fully saturated rings. The lowest BCUT2D eigenvalue weighted by molar-refractivity contribution is -0.123. The highest BCUT2D eigenvalue weighted by atomic mass is 19.1. The molecule has 25 heavy (non-hydrogen) atoms. The zero-order valence-electron chi connectivity index (χ0n) is 14.2. The normalized spacial score (nSPS) is 11.0. The summed E-state index contributed by atoms with van der Waals surface area (Å²) in [6.07, 6.45) is 0. The van der Waals surface area contributed by atoms with E-state index in [1.807, 2.05) is 0 Å². The van der Waals surface area contributed by atoms with E-state index in [2.05, 4.69) is 10.5 Å². The van der Waals surface area contributed by atoms with Gasteiger partial charge in [-0.25, -0.2) is 9.82 Å². The van der Waals surface area contributed by atoms with Crippen molar-refractivity contribution in [2.45, 2.75) is 6.92 Å². The van der Waals surface area contributed by atoms with E-state index in [4.69, 9.17) is 14.2 Å². The van der Waals surface area contributed by atoms with Crippen LogP contribution >= 0.6 is 0 Å². The van der Waals surface area contributed by atoms with Crippen LogP contribution in [0.25, 0.3) is 0 Å². The number of amides is 1. The Hall–Kier alpha value is -3.09. The summed E-state index contributed by atoms with van der Waals surface area (Å²) in [7, 11) is 3.11. The molecule has 0 saturated heterocycles. The number of hydrogen-bond acceptors (Lipinski definition) is 5. The monoisotopic (exact) mass is 346 g/mol. The highest BCUT2D eigenvalue weighted by Crippen LogP contribution is 2.25. The standard InChI is InChI=1S/C18H19FN2O4/c1-12(16-9-8-15(23-2)10-17(16)24-3)20-21-18(22)11-25-14-6-4-13(19)5-7-14/h4-10H,11H2,1-3H3,(H,21,22)/b20-12-. The first-order chi connectivity index (χ1) is 12.0. The van der Waals surface area contributed by atoms with Gasteiger partial charge >= 0.3 is 0 Å². The second kappa shape index (κ2) is 8.68. The van der Waals surface area contributed by atoms with Crippen LogP contribution < -0.4 is 19.6 Å². The van der Waals surface area contributed by atoms with E-state index in [-0.39, 0.29) is 12.4 Å². The largest absolute Gasteiger partial charge is 0.497 e. The van der Waals surface area contributed by atoms with Gasteiger partial charge in [0.25, 0.3) is 5.91 Å². The summed E-state index contributed by atoms with van der Waals surface area (Å²) in [4.78, 5) is 11.8. The molecule has 2 aromatic carbocycles. The Balaban J connectivity index is 1.96. The Morgan fingerprint density at radius 2 is 1.76 bits per heavy atom. The lowest BCUT2D eigenvalue weighted by atomic mass is 10.1. The molecule has 2 rings (SSSR count). The first-order valence-electron chi connectivity index (χ1n) is 7.47. The number of benzene rings is 2. The van der Waals surface area contributed by atoms with Gasteiger partial charge in [0.1, 0.15) is 23.1 Å². The van der Waals surface area contributed by atoms with E-state index < -0.39 is 5.91 Å². The summed E-state index contributed by atoms with van der Waals surface area (Å²) in [6, 6.07) is 10.7. The number of nitrogens with zero attached hydrogens (tertiary/aromatic N) is 1. The molecule has 6 nitrogen and oxygen atoms in total. The fourth-order valence-electron chi connectivity index (χ4n) is 2.02. The van der Waals surface area contributed by atoms with Gasteiger partial charge in [-0.1, -0.05) is 0 Å². The van der Waals surface area contributed by atoms with Gasteiger partial charge in [-0.2, -0.15) is 5.10 Å². The summed E-state index contributed by atoms with van der Waals surface area (Å²) < 4.78 is 28.5. The minimum absolute atomic E-state index is 0.234. The van der Waals surface area contributed by atoms with Gasteiger partial charge in [-0.15, -0.1) is 0 Å². The second-order valence-electron chi connectivity index (χ2n) is 5.04. The van der Waals surface area contributed by atoms with Crippen molar-refractivity contribution in [3.05, 3.63) is 53.8 Å². The van der Waals surface area contributed by atoms with Crippen LogP contribution in [-0.4, -0.2) is 32.4 Å². The third kappa shape index (κ3) is 5.20. The number of halogens is 1. The summed E-state index contributed by atoms with van der Waals surface area (Å²) in [5, 5.41) is 4.04. The molecule has 0 atom stereocenters. The van der Waals surface area contributed by atoms with Gasteiger partial charge in [0.2, 0.25) is 0 Å². The first-order valence-corrected chi connectivity index (χ1v) is 7.47. The number of hydrazone groups is 1. The van der Waals surface area contributed by atoms with E-state index >= 15 is 0 Å². The quantitative estimate of drug-likeness (QED) is 0.618. The molecule has 0 aliphatic rings. The van der Waals surface area contributed by atoms with Crippen molar-refractivity contribution in [1.82, 2.24) is 5.43 Å². The van der Waals surface area contributed by atoms with Gasteiger partial charge in [0.05, 0.1) is 19.9 Å². The van der Waals surface area contributed by atoms with Crippen molar-refractivity contribution in [2.75, 3.05) is 20.8 Å². The Morgan fingerprint density at radius 1 is 1.08 bits per heavy atom. The van der Waals surface area contributed by atoms with Crippen molar-refractivity contribution in [2.24, 2.45) is 5.10 Å². The predicted molar refractivity (Wildman–Crippen MR) is 91.8 cm³/mol. The molecular weight excluding hydrogens is 327 g/mol. The number of carbonyl (C=O) groups excluding carboxylic acids is 1. The van der Waals surface area contributed by atoms with Crippen LogP contribution in [0.1, 0.15) is 12.5 Å². The lowest BCUT2D eigenvalue weighted by Gasteiger charge is -2.10. The number of rotatable bonds is 7. The van der Waals surface area contributed by atoms with Crippen molar-refractivity contribution < 1.29 is 23.4 Å². The van der Waals surface area contributed by atoms with E-state index in [0.29, 0.717) is 23.0 Å². The van der Waals surface area contributed by atoms with Crippen LogP contribution in [-0.2, 0) is 4.79 Å². The summed E-state index contributed by atoms with van der Waals surface area (Å²) >= 11 is 0. The zero-order chi connectivity index (χ0) is 18.2. The molecule has 1 amide bonds. The summed E-state index contributed by atoms with van der Waals surface area (Å²) in [6.45, 7) is 1.51. The number of carbonyl (C=O) groups is 1.